The van der Waals surface area contributed by atoms with Crippen molar-refractivity contribution in [3.8, 4) is 0 Å². The molecule has 2 aliphatic heterocycles. The van der Waals surface area contributed by atoms with Gasteiger partial charge in [0.2, 0.25) is 0 Å². The van der Waals surface area contributed by atoms with Crippen LogP contribution in [0, 0.1) is 0 Å². The highest BCUT2D eigenvalue weighted by molar-refractivity contribution is 5.19. The molecule has 1 atom stereocenters. The highest BCUT2D eigenvalue weighted by Gasteiger charge is 2.24. The molecule has 1 aromatic heterocycles. The van der Waals surface area contributed by atoms with Crippen LogP contribution in [0.2, 0.25) is 0 Å². The quantitative estimate of drug-likeness (QED) is 0.800. The summed E-state index contributed by atoms with van der Waals surface area (Å²) in [4.78, 5) is 24.3. The fraction of sp³-hybridized carbons (Fsp3) is 0.714. The Morgan fingerprint density at radius 1 is 1.40 bits per heavy atom. The molecule has 3 rings (SSSR count). The fourth-order valence-electron chi connectivity index (χ4n) is 2.94. The Morgan fingerprint density at radius 3 is 3.10 bits per heavy atom. The molecule has 1 unspecified atom stereocenters. The topological polar surface area (TPSA) is 61.5 Å². The second kappa shape index (κ2) is 5.63. The minimum Gasteiger partial charge on any atom is -0.376 e. The summed E-state index contributed by atoms with van der Waals surface area (Å²) in [7, 11) is 4.28. The lowest BCUT2D eigenvalue weighted by molar-refractivity contribution is 0.106. The van der Waals surface area contributed by atoms with Crippen LogP contribution in [0.3, 0.4) is 0 Å². The Bertz CT molecular complexity index is 542. The maximum absolute atomic E-state index is 12.1. The largest absolute Gasteiger partial charge is 0.376 e. The van der Waals surface area contributed by atoms with Crippen molar-refractivity contribution in [3.63, 3.8) is 0 Å². The number of aromatic amines is 1. The van der Waals surface area contributed by atoms with Gasteiger partial charge in [-0.05, 0) is 14.1 Å². The number of hydrogen-bond donors (Lipinski definition) is 1. The standard InChI is InChI=1S/C14H22N4O2/c1-17-4-5-18(2)10(8-17)7-13-15-12-3-6-20-9-11(12)14(19)16-13/h10H,3-9H2,1-2H3,(H,15,16,19). The van der Waals surface area contributed by atoms with Gasteiger partial charge in [-0.25, -0.2) is 4.98 Å². The van der Waals surface area contributed by atoms with Crippen molar-refractivity contribution in [1.82, 2.24) is 19.8 Å². The Labute approximate surface area is 118 Å². The first-order chi connectivity index (χ1) is 9.63. The summed E-state index contributed by atoms with van der Waals surface area (Å²) in [6, 6.07) is 0.412. The normalized spacial score (nSPS) is 24.6. The van der Waals surface area contributed by atoms with Gasteiger partial charge in [0.1, 0.15) is 5.82 Å². The van der Waals surface area contributed by atoms with E-state index in [1.165, 1.54) is 0 Å². The zero-order chi connectivity index (χ0) is 14.1. The van der Waals surface area contributed by atoms with Crippen molar-refractivity contribution in [3.05, 3.63) is 27.4 Å². The van der Waals surface area contributed by atoms with Gasteiger partial charge < -0.3 is 19.5 Å². The zero-order valence-corrected chi connectivity index (χ0v) is 12.2. The summed E-state index contributed by atoms with van der Waals surface area (Å²) in [6.07, 6.45) is 1.54. The minimum atomic E-state index is -0.0310. The molecule has 1 N–H and O–H groups in total. The van der Waals surface area contributed by atoms with Crippen molar-refractivity contribution < 1.29 is 4.74 Å². The fourth-order valence-corrected chi connectivity index (χ4v) is 2.94. The summed E-state index contributed by atoms with van der Waals surface area (Å²) in [5.74, 6) is 0.808. The summed E-state index contributed by atoms with van der Waals surface area (Å²) in [5.41, 5.74) is 1.59. The molecule has 6 heteroatoms. The number of aromatic nitrogens is 2. The first-order valence-electron chi connectivity index (χ1n) is 7.21. The van der Waals surface area contributed by atoms with Gasteiger partial charge in [0.25, 0.3) is 5.56 Å². The molecule has 0 aromatic carbocycles. The molecule has 20 heavy (non-hydrogen) atoms. The molecule has 3 heterocycles. The van der Waals surface area contributed by atoms with Gasteiger partial charge in [-0.3, -0.25) is 4.79 Å². The zero-order valence-electron chi connectivity index (χ0n) is 12.2. The monoisotopic (exact) mass is 278 g/mol. The van der Waals surface area contributed by atoms with Crippen molar-refractivity contribution in [2.75, 3.05) is 40.3 Å². The summed E-state index contributed by atoms with van der Waals surface area (Å²) in [5, 5.41) is 0. The number of nitrogens with one attached hydrogen (secondary N) is 1. The van der Waals surface area contributed by atoms with Gasteiger partial charge in [0, 0.05) is 38.5 Å². The Morgan fingerprint density at radius 2 is 2.25 bits per heavy atom. The number of hydrogen-bond acceptors (Lipinski definition) is 5. The van der Waals surface area contributed by atoms with E-state index < -0.39 is 0 Å². The first kappa shape index (κ1) is 13.7. The van der Waals surface area contributed by atoms with Gasteiger partial charge in [0.15, 0.2) is 0 Å². The predicted octanol–water partition coefficient (Wildman–Crippen LogP) is -0.369. The second-order valence-electron chi connectivity index (χ2n) is 5.84. The molecule has 0 amide bonds. The van der Waals surface area contributed by atoms with Crippen molar-refractivity contribution in [2.24, 2.45) is 0 Å². The molecule has 1 fully saturated rings. The third kappa shape index (κ3) is 2.77. The number of rotatable bonds is 2. The molecule has 1 saturated heterocycles. The van der Waals surface area contributed by atoms with Crippen LogP contribution in [0.15, 0.2) is 4.79 Å². The van der Waals surface area contributed by atoms with Gasteiger partial charge in [-0.15, -0.1) is 0 Å². The first-order valence-corrected chi connectivity index (χ1v) is 7.21. The lowest BCUT2D eigenvalue weighted by atomic mass is 10.1. The third-order valence-electron chi connectivity index (χ3n) is 4.29. The van der Waals surface area contributed by atoms with Gasteiger partial charge >= 0.3 is 0 Å². The lowest BCUT2D eigenvalue weighted by Crippen LogP contribution is -2.51. The van der Waals surface area contributed by atoms with E-state index in [0.717, 1.165) is 44.0 Å². The molecule has 6 nitrogen and oxygen atoms in total. The Hall–Kier alpha value is -1.24. The van der Waals surface area contributed by atoms with Crippen LogP contribution in [0.25, 0.3) is 0 Å². The minimum absolute atomic E-state index is 0.0310. The molecule has 2 aliphatic rings. The van der Waals surface area contributed by atoms with E-state index in [4.69, 9.17) is 4.74 Å². The van der Waals surface area contributed by atoms with Crippen molar-refractivity contribution in [1.29, 1.82) is 0 Å². The predicted molar refractivity (Wildman–Crippen MR) is 75.8 cm³/mol. The van der Waals surface area contributed by atoms with Crippen LogP contribution >= 0.6 is 0 Å². The molecule has 0 bridgehead atoms. The molecule has 0 saturated carbocycles. The van der Waals surface area contributed by atoms with Gasteiger partial charge in [-0.2, -0.15) is 0 Å². The molecule has 1 aromatic rings. The smallest absolute Gasteiger partial charge is 0.256 e. The third-order valence-corrected chi connectivity index (χ3v) is 4.29. The maximum Gasteiger partial charge on any atom is 0.256 e. The number of ether oxygens (including phenoxy) is 1. The molecular weight excluding hydrogens is 256 g/mol. The van der Waals surface area contributed by atoms with Crippen LogP contribution in [-0.4, -0.2) is 66.1 Å². The average Bonchev–Trinajstić information content (AvgIpc) is 2.43. The lowest BCUT2D eigenvalue weighted by Gasteiger charge is -2.37. The number of H-pyrrole nitrogens is 1. The molecule has 110 valence electrons. The van der Waals surface area contributed by atoms with E-state index in [-0.39, 0.29) is 5.56 Å². The van der Waals surface area contributed by atoms with Crippen molar-refractivity contribution in [2.45, 2.75) is 25.5 Å². The molecule has 0 aliphatic carbocycles. The summed E-state index contributed by atoms with van der Waals surface area (Å²) in [6.45, 7) is 4.22. The van der Waals surface area contributed by atoms with E-state index in [1.54, 1.807) is 0 Å². The molecule has 0 radical (unpaired) electrons. The molecular formula is C14H22N4O2. The van der Waals surface area contributed by atoms with E-state index in [9.17, 15) is 4.79 Å². The van der Waals surface area contributed by atoms with E-state index >= 15 is 0 Å². The van der Waals surface area contributed by atoms with Crippen LogP contribution in [0.1, 0.15) is 17.1 Å². The highest BCUT2D eigenvalue weighted by atomic mass is 16.5. The van der Waals surface area contributed by atoms with Crippen LogP contribution < -0.4 is 5.56 Å². The SMILES string of the molecule is CN1CCN(C)C(Cc2nc3c(c(=O)[nH]2)COCC3)C1. The maximum atomic E-state index is 12.1. The van der Waals surface area contributed by atoms with Crippen LogP contribution in [0.5, 0.6) is 0 Å². The Kier molecular flexibility index (Phi) is 3.87. The van der Waals surface area contributed by atoms with E-state index in [1.807, 2.05) is 0 Å². The number of piperazine rings is 1. The van der Waals surface area contributed by atoms with E-state index in [0.29, 0.717) is 24.8 Å². The summed E-state index contributed by atoms with van der Waals surface area (Å²) < 4.78 is 5.32. The van der Waals surface area contributed by atoms with Crippen LogP contribution in [0.4, 0.5) is 0 Å². The van der Waals surface area contributed by atoms with Crippen LogP contribution in [-0.2, 0) is 24.2 Å². The second-order valence-corrected chi connectivity index (χ2v) is 5.84. The summed E-state index contributed by atoms with van der Waals surface area (Å²) >= 11 is 0. The van der Waals surface area contributed by atoms with E-state index in [2.05, 4.69) is 33.9 Å². The number of nitrogens with zero attached hydrogens (tertiary/aromatic N) is 3. The van der Waals surface area contributed by atoms with Gasteiger partial charge in [0.05, 0.1) is 24.5 Å². The number of likely N-dealkylation sites (N-methyl/N-ethyl adjacent to an activating group) is 2. The average molecular weight is 278 g/mol. The van der Waals surface area contributed by atoms with Crippen molar-refractivity contribution >= 4 is 0 Å². The highest BCUT2D eigenvalue weighted by Crippen LogP contribution is 2.13. The Balaban J connectivity index is 1.80. The molecule has 0 spiro atoms. The van der Waals surface area contributed by atoms with Gasteiger partial charge in [-0.1, -0.05) is 0 Å². The number of fused-ring (bicyclic) bond motifs is 1.